The van der Waals surface area contributed by atoms with Crippen molar-refractivity contribution in [1.29, 1.82) is 0 Å². The molecule has 2 aliphatic rings. The van der Waals surface area contributed by atoms with Gasteiger partial charge in [0.15, 0.2) is 0 Å². The van der Waals surface area contributed by atoms with Gasteiger partial charge in [-0.05, 0) is 30.6 Å². The first-order valence-corrected chi connectivity index (χ1v) is 5.89. The summed E-state index contributed by atoms with van der Waals surface area (Å²) in [6, 6.07) is 0. The maximum atomic E-state index is 11.9. The van der Waals surface area contributed by atoms with Gasteiger partial charge >= 0.3 is 0 Å². The molecule has 0 radical (unpaired) electrons. The average molecular weight is 220 g/mol. The van der Waals surface area contributed by atoms with Crippen LogP contribution in [-0.2, 0) is 6.54 Å². The van der Waals surface area contributed by atoms with Crippen LogP contribution in [0, 0.1) is 17.8 Å². The predicted molar refractivity (Wildman–Crippen MR) is 59.4 cm³/mol. The van der Waals surface area contributed by atoms with E-state index in [2.05, 4.69) is 4.98 Å². The topological polar surface area (TPSA) is 44.1 Å². The first-order valence-electron chi connectivity index (χ1n) is 5.89. The van der Waals surface area contributed by atoms with Crippen LogP contribution < -0.4 is 10.3 Å². The molecule has 1 aromatic rings. The van der Waals surface area contributed by atoms with E-state index in [0.29, 0.717) is 11.7 Å². The highest BCUT2D eigenvalue weighted by Crippen LogP contribution is 2.57. The van der Waals surface area contributed by atoms with Gasteiger partial charge in [-0.1, -0.05) is 6.42 Å². The Labute approximate surface area is 94.3 Å². The first kappa shape index (κ1) is 9.87. The molecule has 2 unspecified atom stereocenters. The standard InChI is InChI=1S/C12H16N2O2/c1-16-11-5-13-7-14(12(11)15)6-10-8-3-2-4-9(8)10/h5,7-10H,2-4,6H2,1H3. The molecule has 0 saturated heterocycles. The Hall–Kier alpha value is -1.32. The van der Waals surface area contributed by atoms with E-state index in [1.54, 1.807) is 10.9 Å². The van der Waals surface area contributed by atoms with Crippen LogP contribution >= 0.6 is 0 Å². The molecule has 0 bridgehead atoms. The van der Waals surface area contributed by atoms with E-state index >= 15 is 0 Å². The zero-order chi connectivity index (χ0) is 11.1. The third-order valence-corrected chi connectivity index (χ3v) is 4.08. The molecular formula is C12H16N2O2. The van der Waals surface area contributed by atoms with Gasteiger partial charge in [0, 0.05) is 6.54 Å². The predicted octanol–water partition coefficient (Wildman–Crippen LogP) is 1.30. The smallest absolute Gasteiger partial charge is 0.295 e. The van der Waals surface area contributed by atoms with E-state index < -0.39 is 0 Å². The van der Waals surface area contributed by atoms with Crippen molar-refractivity contribution in [3.8, 4) is 5.75 Å². The number of aromatic nitrogens is 2. The second-order valence-corrected chi connectivity index (χ2v) is 4.84. The largest absolute Gasteiger partial charge is 0.490 e. The normalized spacial score (nSPS) is 31.2. The van der Waals surface area contributed by atoms with Gasteiger partial charge in [0.25, 0.3) is 5.56 Å². The van der Waals surface area contributed by atoms with Gasteiger partial charge in [0.1, 0.15) is 0 Å². The number of rotatable bonds is 3. The van der Waals surface area contributed by atoms with Gasteiger partial charge in [-0.15, -0.1) is 0 Å². The summed E-state index contributed by atoms with van der Waals surface area (Å²) >= 11 is 0. The van der Waals surface area contributed by atoms with Gasteiger partial charge in [0.2, 0.25) is 5.75 Å². The summed E-state index contributed by atoms with van der Waals surface area (Å²) in [6.45, 7) is 0.818. The number of fused-ring (bicyclic) bond motifs is 1. The molecular weight excluding hydrogens is 204 g/mol. The summed E-state index contributed by atoms with van der Waals surface area (Å²) in [5, 5.41) is 0. The van der Waals surface area contributed by atoms with Gasteiger partial charge in [-0.3, -0.25) is 9.36 Å². The van der Waals surface area contributed by atoms with Gasteiger partial charge in [-0.2, -0.15) is 0 Å². The summed E-state index contributed by atoms with van der Waals surface area (Å²) in [7, 11) is 1.51. The van der Waals surface area contributed by atoms with Crippen LogP contribution in [0.3, 0.4) is 0 Å². The van der Waals surface area contributed by atoms with E-state index in [4.69, 9.17) is 4.74 Å². The fourth-order valence-corrected chi connectivity index (χ4v) is 3.17. The van der Waals surface area contributed by atoms with Crippen LogP contribution in [0.4, 0.5) is 0 Å². The molecule has 16 heavy (non-hydrogen) atoms. The van der Waals surface area contributed by atoms with Crippen molar-refractivity contribution in [2.75, 3.05) is 7.11 Å². The second kappa shape index (κ2) is 3.61. The Kier molecular flexibility index (Phi) is 2.23. The lowest BCUT2D eigenvalue weighted by Crippen LogP contribution is -2.23. The Morgan fingerprint density at radius 3 is 2.94 bits per heavy atom. The van der Waals surface area contributed by atoms with Gasteiger partial charge < -0.3 is 4.74 Å². The van der Waals surface area contributed by atoms with E-state index in [0.717, 1.165) is 18.4 Å². The minimum Gasteiger partial charge on any atom is -0.490 e. The second-order valence-electron chi connectivity index (χ2n) is 4.84. The third kappa shape index (κ3) is 1.44. The molecule has 0 amide bonds. The van der Waals surface area contributed by atoms with Crippen molar-refractivity contribution in [2.24, 2.45) is 17.8 Å². The fourth-order valence-electron chi connectivity index (χ4n) is 3.17. The zero-order valence-electron chi connectivity index (χ0n) is 9.43. The molecule has 2 fully saturated rings. The fraction of sp³-hybridized carbons (Fsp3) is 0.667. The van der Waals surface area contributed by atoms with Crippen molar-refractivity contribution >= 4 is 0 Å². The maximum Gasteiger partial charge on any atom is 0.295 e. The van der Waals surface area contributed by atoms with Crippen molar-refractivity contribution in [1.82, 2.24) is 9.55 Å². The molecule has 2 aliphatic carbocycles. The molecule has 4 nitrogen and oxygen atoms in total. The third-order valence-electron chi connectivity index (χ3n) is 4.08. The van der Waals surface area contributed by atoms with Crippen LogP contribution in [0.2, 0.25) is 0 Å². The minimum atomic E-state index is -0.0533. The molecule has 0 aromatic carbocycles. The summed E-state index contributed by atoms with van der Waals surface area (Å²) in [6.07, 6.45) is 7.17. The number of nitrogens with zero attached hydrogens (tertiary/aromatic N) is 2. The molecule has 4 heteroatoms. The summed E-state index contributed by atoms with van der Waals surface area (Å²) in [5.74, 6) is 2.80. The molecule has 3 rings (SSSR count). The van der Waals surface area contributed by atoms with Crippen molar-refractivity contribution in [3.05, 3.63) is 22.9 Å². The van der Waals surface area contributed by atoms with E-state index in [9.17, 15) is 4.79 Å². The highest BCUT2D eigenvalue weighted by molar-refractivity contribution is 5.12. The molecule has 0 N–H and O–H groups in total. The number of ether oxygens (including phenoxy) is 1. The quantitative estimate of drug-likeness (QED) is 0.771. The van der Waals surface area contributed by atoms with Crippen LogP contribution in [0.15, 0.2) is 17.3 Å². The van der Waals surface area contributed by atoms with Crippen LogP contribution in [-0.4, -0.2) is 16.7 Å². The Morgan fingerprint density at radius 1 is 1.50 bits per heavy atom. The lowest BCUT2D eigenvalue weighted by molar-refractivity contribution is 0.394. The van der Waals surface area contributed by atoms with Crippen LogP contribution in [0.5, 0.6) is 5.75 Å². The van der Waals surface area contributed by atoms with Gasteiger partial charge in [0.05, 0.1) is 19.6 Å². The molecule has 1 heterocycles. The van der Waals surface area contributed by atoms with Gasteiger partial charge in [-0.25, -0.2) is 4.98 Å². The Balaban J connectivity index is 1.78. The zero-order valence-corrected chi connectivity index (χ0v) is 9.43. The van der Waals surface area contributed by atoms with Crippen molar-refractivity contribution in [2.45, 2.75) is 25.8 Å². The maximum absolute atomic E-state index is 11.9. The SMILES string of the molecule is COc1cncn(CC2C3CCCC32)c1=O. The Bertz CT molecular complexity index is 445. The molecule has 2 atom stereocenters. The minimum absolute atomic E-state index is 0.0533. The highest BCUT2D eigenvalue weighted by Gasteiger charge is 2.52. The lowest BCUT2D eigenvalue weighted by atomic mass is 10.1. The van der Waals surface area contributed by atoms with E-state index in [1.165, 1.54) is 32.6 Å². The average Bonchev–Trinajstić information content (AvgIpc) is 2.76. The van der Waals surface area contributed by atoms with E-state index in [-0.39, 0.29) is 5.56 Å². The molecule has 1 aromatic heterocycles. The number of hydrogen-bond donors (Lipinski definition) is 0. The van der Waals surface area contributed by atoms with E-state index in [1.807, 2.05) is 0 Å². The molecule has 0 spiro atoms. The van der Waals surface area contributed by atoms with Crippen molar-refractivity contribution in [3.63, 3.8) is 0 Å². The summed E-state index contributed by atoms with van der Waals surface area (Å²) in [4.78, 5) is 15.9. The number of hydrogen-bond acceptors (Lipinski definition) is 3. The summed E-state index contributed by atoms with van der Waals surface area (Å²) < 4.78 is 6.68. The lowest BCUT2D eigenvalue weighted by Gasteiger charge is -2.07. The highest BCUT2D eigenvalue weighted by atomic mass is 16.5. The van der Waals surface area contributed by atoms with Crippen LogP contribution in [0.25, 0.3) is 0 Å². The molecule has 2 saturated carbocycles. The monoisotopic (exact) mass is 220 g/mol. The Morgan fingerprint density at radius 2 is 2.25 bits per heavy atom. The van der Waals surface area contributed by atoms with Crippen molar-refractivity contribution < 1.29 is 4.74 Å². The summed E-state index contributed by atoms with van der Waals surface area (Å²) in [5.41, 5.74) is -0.0533. The number of methoxy groups -OCH3 is 1. The van der Waals surface area contributed by atoms with Crippen LogP contribution in [0.1, 0.15) is 19.3 Å². The first-order chi connectivity index (χ1) is 7.81. The molecule has 86 valence electrons. The molecule has 0 aliphatic heterocycles.